The van der Waals surface area contributed by atoms with Gasteiger partial charge in [0.1, 0.15) is 0 Å². The number of piperidine rings is 1. The van der Waals surface area contributed by atoms with E-state index in [1.165, 1.54) is 0 Å². The van der Waals surface area contributed by atoms with Crippen LogP contribution >= 0.6 is 0 Å². The number of carboxylic acids is 1. The molecule has 2 rings (SSSR count). The molecule has 0 spiro atoms. The van der Waals surface area contributed by atoms with Crippen molar-refractivity contribution in [2.75, 3.05) is 13.1 Å². The van der Waals surface area contributed by atoms with E-state index in [2.05, 4.69) is 13.8 Å². The molecule has 1 amide bonds. The molecular weight excluding hydrogens is 278 g/mol. The standard InChI is InChI=1S/C18H25NO3/c1-13-12-19(10-9-15(13)17(21)22)16(20)11-18(2,3)14-7-5-4-6-8-14/h4-8,13,15H,9-12H2,1-3H3,(H,21,22). The lowest BCUT2D eigenvalue weighted by Crippen LogP contribution is -2.46. The maximum absolute atomic E-state index is 12.6. The topological polar surface area (TPSA) is 57.6 Å². The number of nitrogens with zero attached hydrogens (tertiary/aromatic N) is 1. The third-order valence-electron chi connectivity index (χ3n) is 4.72. The predicted octanol–water partition coefficient (Wildman–Crippen LogP) is 2.92. The van der Waals surface area contributed by atoms with Gasteiger partial charge in [-0.05, 0) is 23.3 Å². The number of likely N-dealkylation sites (tertiary alicyclic amines) is 1. The van der Waals surface area contributed by atoms with Gasteiger partial charge in [-0.1, -0.05) is 51.1 Å². The summed E-state index contributed by atoms with van der Waals surface area (Å²) in [5, 5.41) is 9.17. The molecule has 1 N–H and O–H groups in total. The molecule has 1 saturated heterocycles. The molecule has 0 aliphatic carbocycles. The van der Waals surface area contributed by atoms with Crippen molar-refractivity contribution >= 4 is 11.9 Å². The van der Waals surface area contributed by atoms with Crippen LogP contribution < -0.4 is 0 Å². The van der Waals surface area contributed by atoms with E-state index in [0.29, 0.717) is 25.9 Å². The van der Waals surface area contributed by atoms with Crippen LogP contribution in [0.5, 0.6) is 0 Å². The molecule has 120 valence electrons. The fraction of sp³-hybridized carbons (Fsp3) is 0.556. The fourth-order valence-corrected chi connectivity index (χ4v) is 3.22. The summed E-state index contributed by atoms with van der Waals surface area (Å²) < 4.78 is 0. The summed E-state index contributed by atoms with van der Waals surface area (Å²) in [6.07, 6.45) is 0.996. The van der Waals surface area contributed by atoms with Gasteiger partial charge in [0.15, 0.2) is 0 Å². The van der Waals surface area contributed by atoms with Crippen LogP contribution in [0.3, 0.4) is 0 Å². The molecule has 0 bridgehead atoms. The van der Waals surface area contributed by atoms with Gasteiger partial charge in [0.05, 0.1) is 5.92 Å². The van der Waals surface area contributed by atoms with Gasteiger partial charge >= 0.3 is 5.97 Å². The first-order valence-electron chi connectivity index (χ1n) is 7.87. The van der Waals surface area contributed by atoms with Gasteiger partial charge in [-0.25, -0.2) is 0 Å². The summed E-state index contributed by atoms with van der Waals surface area (Å²) in [6, 6.07) is 10.0. The number of rotatable bonds is 4. The quantitative estimate of drug-likeness (QED) is 0.930. The van der Waals surface area contributed by atoms with Crippen LogP contribution in [0.2, 0.25) is 0 Å². The number of hydrogen-bond donors (Lipinski definition) is 1. The van der Waals surface area contributed by atoms with E-state index in [9.17, 15) is 9.59 Å². The van der Waals surface area contributed by atoms with E-state index in [0.717, 1.165) is 5.56 Å². The van der Waals surface area contributed by atoms with Gasteiger partial charge in [-0.15, -0.1) is 0 Å². The van der Waals surface area contributed by atoms with Gasteiger partial charge in [-0.3, -0.25) is 9.59 Å². The minimum Gasteiger partial charge on any atom is -0.481 e. The summed E-state index contributed by atoms with van der Waals surface area (Å²) in [4.78, 5) is 25.6. The van der Waals surface area contributed by atoms with Crippen molar-refractivity contribution in [3.63, 3.8) is 0 Å². The first kappa shape index (κ1) is 16.5. The Bertz CT molecular complexity index is 539. The minimum atomic E-state index is -0.746. The Hall–Kier alpha value is -1.84. The monoisotopic (exact) mass is 303 g/mol. The Balaban J connectivity index is 2.00. The van der Waals surface area contributed by atoms with Crippen molar-refractivity contribution in [2.24, 2.45) is 11.8 Å². The predicted molar refractivity (Wildman–Crippen MR) is 85.6 cm³/mol. The summed E-state index contributed by atoms with van der Waals surface area (Å²) in [5.74, 6) is -0.949. The van der Waals surface area contributed by atoms with Crippen molar-refractivity contribution < 1.29 is 14.7 Å². The third kappa shape index (κ3) is 3.67. The number of benzene rings is 1. The van der Waals surface area contributed by atoms with E-state index >= 15 is 0 Å². The molecule has 1 fully saturated rings. The summed E-state index contributed by atoms with van der Waals surface area (Å²) in [6.45, 7) is 7.16. The zero-order valence-corrected chi connectivity index (χ0v) is 13.6. The summed E-state index contributed by atoms with van der Waals surface area (Å²) in [5.41, 5.74) is 0.933. The zero-order chi connectivity index (χ0) is 16.3. The SMILES string of the molecule is CC1CN(C(=O)CC(C)(C)c2ccccc2)CCC1C(=O)O. The average Bonchev–Trinajstić information content (AvgIpc) is 2.47. The van der Waals surface area contributed by atoms with Crippen molar-refractivity contribution in [2.45, 2.75) is 39.0 Å². The van der Waals surface area contributed by atoms with Gasteiger partial charge in [0.2, 0.25) is 5.91 Å². The van der Waals surface area contributed by atoms with Crippen LogP contribution in [0.4, 0.5) is 0 Å². The molecule has 4 heteroatoms. The normalized spacial score (nSPS) is 22.4. The van der Waals surface area contributed by atoms with Crippen LogP contribution in [-0.2, 0) is 15.0 Å². The summed E-state index contributed by atoms with van der Waals surface area (Å²) >= 11 is 0. The van der Waals surface area contributed by atoms with Crippen molar-refractivity contribution in [3.8, 4) is 0 Å². The van der Waals surface area contributed by atoms with Gasteiger partial charge in [0.25, 0.3) is 0 Å². The highest BCUT2D eigenvalue weighted by atomic mass is 16.4. The molecule has 1 aliphatic heterocycles. The van der Waals surface area contributed by atoms with Crippen molar-refractivity contribution in [3.05, 3.63) is 35.9 Å². The van der Waals surface area contributed by atoms with Crippen LogP contribution in [-0.4, -0.2) is 35.0 Å². The maximum Gasteiger partial charge on any atom is 0.306 e. The lowest BCUT2D eigenvalue weighted by atomic mass is 9.80. The van der Waals surface area contributed by atoms with E-state index in [-0.39, 0.29) is 23.2 Å². The molecule has 0 radical (unpaired) electrons. The Morgan fingerprint density at radius 3 is 2.45 bits per heavy atom. The number of amides is 1. The second-order valence-corrected chi connectivity index (χ2v) is 6.98. The molecule has 1 aromatic rings. The number of carbonyl (C=O) groups is 2. The zero-order valence-electron chi connectivity index (χ0n) is 13.6. The lowest BCUT2D eigenvalue weighted by Gasteiger charge is -2.37. The van der Waals surface area contributed by atoms with E-state index in [4.69, 9.17) is 5.11 Å². The smallest absolute Gasteiger partial charge is 0.306 e. The largest absolute Gasteiger partial charge is 0.481 e. The molecule has 1 heterocycles. The molecule has 2 atom stereocenters. The van der Waals surface area contributed by atoms with Crippen molar-refractivity contribution in [1.82, 2.24) is 4.90 Å². The fourth-order valence-electron chi connectivity index (χ4n) is 3.22. The minimum absolute atomic E-state index is 0.00929. The highest BCUT2D eigenvalue weighted by Gasteiger charge is 2.34. The molecule has 4 nitrogen and oxygen atoms in total. The van der Waals surface area contributed by atoms with Gasteiger partial charge in [-0.2, -0.15) is 0 Å². The van der Waals surface area contributed by atoms with E-state index < -0.39 is 5.97 Å². The number of aliphatic carboxylic acids is 1. The Morgan fingerprint density at radius 1 is 1.27 bits per heavy atom. The second kappa shape index (κ2) is 6.51. The molecule has 1 aliphatic rings. The number of carboxylic acid groups (broad SMARTS) is 1. The number of hydrogen-bond acceptors (Lipinski definition) is 2. The van der Waals surface area contributed by atoms with Gasteiger partial charge in [0, 0.05) is 19.5 Å². The molecular formula is C18H25NO3. The highest BCUT2D eigenvalue weighted by Crippen LogP contribution is 2.30. The highest BCUT2D eigenvalue weighted by molar-refractivity contribution is 5.78. The molecule has 22 heavy (non-hydrogen) atoms. The Morgan fingerprint density at radius 2 is 1.91 bits per heavy atom. The van der Waals surface area contributed by atoms with E-state index in [1.807, 2.05) is 42.2 Å². The third-order valence-corrected chi connectivity index (χ3v) is 4.72. The van der Waals surface area contributed by atoms with Crippen LogP contribution in [0.1, 0.15) is 39.2 Å². The van der Waals surface area contributed by atoms with Crippen molar-refractivity contribution in [1.29, 1.82) is 0 Å². The Kier molecular flexibility index (Phi) is 4.89. The second-order valence-electron chi connectivity index (χ2n) is 6.98. The summed E-state index contributed by atoms with van der Waals surface area (Å²) in [7, 11) is 0. The maximum atomic E-state index is 12.6. The molecule has 0 aromatic heterocycles. The molecule has 1 aromatic carbocycles. The van der Waals surface area contributed by atoms with Crippen LogP contribution in [0, 0.1) is 11.8 Å². The Labute approximate surface area is 132 Å². The molecule has 2 unspecified atom stereocenters. The number of carbonyl (C=O) groups excluding carboxylic acids is 1. The van der Waals surface area contributed by atoms with Crippen LogP contribution in [0.25, 0.3) is 0 Å². The van der Waals surface area contributed by atoms with Crippen LogP contribution in [0.15, 0.2) is 30.3 Å². The first-order chi connectivity index (χ1) is 10.3. The molecule has 0 saturated carbocycles. The average molecular weight is 303 g/mol. The van der Waals surface area contributed by atoms with Gasteiger partial charge < -0.3 is 10.0 Å². The first-order valence-corrected chi connectivity index (χ1v) is 7.87. The van der Waals surface area contributed by atoms with E-state index in [1.54, 1.807) is 0 Å². The lowest BCUT2D eigenvalue weighted by molar-refractivity contribution is -0.148.